The van der Waals surface area contributed by atoms with Crippen LogP contribution in [0.25, 0.3) is 33.4 Å². The van der Waals surface area contributed by atoms with E-state index in [0.29, 0.717) is 11.3 Å². The van der Waals surface area contributed by atoms with Gasteiger partial charge in [0.15, 0.2) is 0 Å². The minimum absolute atomic E-state index is 0.256. The van der Waals surface area contributed by atoms with E-state index in [1.807, 2.05) is 43.8 Å². The normalized spacial score (nSPS) is 11.4. The van der Waals surface area contributed by atoms with E-state index >= 15 is 0 Å². The second-order valence-electron chi connectivity index (χ2n) is 6.21. The Morgan fingerprint density at radius 3 is 2.72 bits per heavy atom. The van der Waals surface area contributed by atoms with Crippen LogP contribution in [0.5, 0.6) is 0 Å². The number of halogens is 1. The molecule has 0 radical (unpaired) electrons. The number of hydrogen-bond acceptors (Lipinski definition) is 3. The first-order chi connectivity index (χ1) is 12.1. The molecule has 0 atom stereocenters. The molecule has 0 saturated heterocycles. The minimum Gasteiger partial charge on any atom is -0.276 e. The van der Waals surface area contributed by atoms with E-state index < -0.39 is 0 Å². The summed E-state index contributed by atoms with van der Waals surface area (Å²) in [5.41, 5.74) is 5.43. The number of aromatic nitrogens is 5. The summed E-state index contributed by atoms with van der Waals surface area (Å²) in [6.45, 7) is 6.61. The monoisotopic (exact) mass is 335 g/mol. The third-order valence-corrected chi connectivity index (χ3v) is 4.37. The molecular formula is C19H18FN5. The molecule has 0 bridgehead atoms. The zero-order valence-corrected chi connectivity index (χ0v) is 14.3. The lowest BCUT2D eigenvalue weighted by Crippen LogP contribution is -1.93. The number of aryl methyl sites for hydroxylation is 3. The molecule has 0 aliphatic carbocycles. The van der Waals surface area contributed by atoms with Crippen molar-refractivity contribution in [3.63, 3.8) is 0 Å². The minimum atomic E-state index is -0.256. The lowest BCUT2D eigenvalue weighted by atomic mass is 10.0. The van der Waals surface area contributed by atoms with Gasteiger partial charge >= 0.3 is 0 Å². The highest BCUT2D eigenvalue weighted by molar-refractivity contribution is 5.94. The fraction of sp³-hybridized carbons (Fsp3) is 0.211. The van der Waals surface area contributed by atoms with Crippen LogP contribution < -0.4 is 0 Å². The number of H-pyrrole nitrogens is 1. The van der Waals surface area contributed by atoms with Crippen molar-refractivity contribution in [2.75, 3.05) is 0 Å². The summed E-state index contributed by atoms with van der Waals surface area (Å²) in [4.78, 5) is 4.42. The summed E-state index contributed by atoms with van der Waals surface area (Å²) in [7, 11) is 0. The maximum absolute atomic E-state index is 14.5. The molecule has 1 aromatic carbocycles. The standard InChI is InChI=1S/C19H18FN5/c1-4-25-10-13(8-22-25)19-14-7-16(21-9-17(14)23-24-19)18-12(3)5-11(2)6-15(18)20/h5-10H,4H2,1-3H3,(H,23,24). The van der Waals surface area contributed by atoms with Crippen LogP contribution in [-0.4, -0.2) is 25.0 Å². The van der Waals surface area contributed by atoms with Crippen molar-refractivity contribution in [1.82, 2.24) is 25.0 Å². The van der Waals surface area contributed by atoms with Crippen molar-refractivity contribution in [2.24, 2.45) is 0 Å². The molecule has 126 valence electrons. The SMILES string of the molecule is CCn1cc(-c2n[nH]c3cnc(-c4c(C)cc(C)cc4F)cc23)cn1. The lowest BCUT2D eigenvalue weighted by Gasteiger charge is -2.08. The van der Waals surface area contributed by atoms with Crippen LogP contribution in [0.2, 0.25) is 0 Å². The summed E-state index contributed by atoms with van der Waals surface area (Å²) >= 11 is 0. The second kappa shape index (κ2) is 5.81. The summed E-state index contributed by atoms with van der Waals surface area (Å²) < 4.78 is 16.4. The van der Waals surface area contributed by atoms with Crippen molar-refractivity contribution in [3.05, 3.63) is 53.7 Å². The van der Waals surface area contributed by atoms with Gasteiger partial charge in [-0.05, 0) is 44.0 Å². The molecule has 0 saturated carbocycles. The van der Waals surface area contributed by atoms with E-state index in [0.717, 1.165) is 39.8 Å². The van der Waals surface area contributed by atoms with Crippen LogP contribution in [-0.2, 0) is 6.54 Å². The first-order valence-electron chi connectivity index (χ1n) is 8.21. The van der Waals surface area contributed by atoms with Crippen molar-refractivity contribution in [3.8, 4) is 22.5 Å². The first kappa shape index (κ1) is 15.5. The predicted octanol–water partition coefficient (Wildman–Crippen LogP) is 4.26. The number of benzene rings is 1. The van der Waals surface area contributed by atoms with Crippen LogP contribution in [0.4, 0.5) is 4.39 Å². The second-order valence-corrected chi connectivity index (χ2v) is 6.21. The average Bonchev–Trinajstić information content (AvgIpc) is 3.19. The number of nitrogens with one attached hydrogen (secondary N) is 1. The third-order valence-electron chi connectivity index (χ3n) is 4.37. The zero-order chi connectivity index (χ0) is 17.6. The Labute approximate surface area is 144 Å². The molecule has 0 aliphatic heterocycles. The fourth-order valence-corrected chi connectivity index (χ4v) is 3.17. The quantitative estimate of drug-likeness (QED) is 0.608. The molecule has 25 heavy (non-hydrogen) atoms. The Hall–Kier alpha value is -3.02. The molecule has 0 amide bonds. The van der Waals surface area contributed by atoms with E-state index in [2.05, 4.69) is 20.3 Å². The van der Waals surface area contributed by atoms with Gasteiger partial charge < -0.3 is 0 Å². The van der Waals surface area contributed by atoms with Gasteiger partial charge in [-0.2, -0.15) is 10.2 Å². The van der Waals surface area contributed by atoms with Gasteiger partial charge in [-0.15, -0.1) is 0 Å². The number of pyridine rings is 1. The van der Waals surface area contributed by atoms with E-state index in [9.17, 15) is 4.39 Å². The fourth-order valence-electron chi connectivity index (χ4n) is 3.17. The maximum Gasteiger partial charge on any atom is 0.133 e. The summed E-state index contributed by atoms with van der Waals surface area (Å²) in [6.07, 6.45) is 5.44. The Bertz CT molecular complexity index is 1050. The smallest absolute Gasteiger partial charge is 0.133 e. The molecule has 0 aliphatic rings. The zero-order valence-electron chi connectivity index (χ0n) is 14.3. The first-order valence-corrected chi connectivity index (χ1v) is 8.21. The van der Waals surface area contributed by atoms with Crippen LogP contribution >= 0.6 is 0 Å². The van der Waals surface area contributed by atoms with Gasteiger partial charge in [-0.25, -0.2) is 4.39 Å². The number of nitrogens with zero attached hydrogens (tertiary/aromatic N) is 4. The molecule has 0 fully saturated rings. The van der Waals surface area contributed by atoms with Crippen LogP contribution in [0.1, 0.15) is 18.1 Å². The molecule has 4 aromatic rings. The predicted molar refractivity (Wildman–Crippen MR) is 95.7 cm³/mol. The van der Waals surface area contributed by atoms with Gasteiger partial charge in [0.05, 0.1) is 23.6 Å². The Balaban J connectivity index is 1.89. The van der Waals surface area contributed by atoms with Crippen molar-refractivity contribution >= 4 is 10.9 Å². The van der Waals surface area contributed by atoms with E-state index in [-0.39, 0.29) is 5.82 Å². The largest absolute Gasteiger partial charge is 0.276 e. The number of aromatic amines is 1. The number of fused-ring (bicyclic) bond motifs is 1. The van der Waals surface area contributed by atoms with Gasteiger partial charge in [0.2, 0.25) is 0 Å². The van der Waals surface area contributed by atoms with Crippen molar-refractivity contribution in [1.29, 1.82) is 0 Å². The van der Waals surface area contributed by atoms with E-state index in [1.54, 1.807) is 12.4 Å². The molecular weight excluding hydrogens is 317 g/mol. The molecule has 3 aromatic heterocycles. The average molecular weight is 335 g/mol. The molecule has 5 nitrogen and oxygen atoms in total. The van der Waals surface area contributed by atoms with Crippen molar-refractivity contribution < 1.29 is 4.39 Å². The third kappa shape index (κ3) is 2.59. The Morgan fingerprint density at radius 1 is 1.16 bits per heavy atom. The molecule has 6 heteroatoms. The van der Waals surface area contributed by atoms with E-state index in [1.165, 1.54) is 6.07 Å². The van der Waals surface area contributed by atoms with Gasteiger partial charge in [0.25, 0.3) is 0 Å². The van der Waals surface area contributed by atoms with Crippen LogP contribution in [0.15, 0.2) is 36.8 Å². The van der Waals surface area contributed by atoms with Gasteiger partial charge in [0, 0.05) is 29.3 Å². The van der Waals surface area contributed by atoms with Gasteiger partial charge in [-0.1, -0.05) is 6.07 Å². The Kier molecular flexibility index (Phi) is 3.60. The maximum atomic E-state index is 14.5. The lowest BCUT2D eigenvalue weighted by molar-refractivity contribution is 0.628. The molecule has 0 spiro atoms. The number of rotatable bonds is 3. The topological polar surface area (TPSA) is 59.4 Å². The molecule has 4 rings (SSSR count). The highest BCUT2D eigenvalue weighted by atomic mass is 19.1. The highest BCUT2D eigenvalue weighted by Crippen LogP contribution is 2.31. The summed E-state index contributed by atoms with van der Waals surface area (Å²) in [6, 6.07) is 5.39. The summed E-state index contributed by atoms with van der Waals surface area (Å²) in [5, 5.41) is 12.6. The van der Waals surface area contributed by atoms with Gasteiger partial charge in [-0.3, -0.25) is 14.8 Å². The Morgan fingerprint density at radius 2 is 2.00 bits per heavy atom. The summed E-state index contributed by atoms with van der Waals surface area (Å²) in [5.74, 6) is -0.256. The molecule has 3 heterocycles. The molecule has 0 unspecified atom stereocenters. The van der Waals surface area contributed by atoms with Crippen LogP contribution in [0.3, 0.4) is 0 Å². The molecule has 1 N–H and O–H groups in total. The van der Waals surface area contributed by atoms with Crippen LogP contribution in [0, 0.1) is 19.7 Å². The van der Waals surface area contributed by atoms with E-state index in [4.69, 9.17) is 0 Å². The van der Waals surface area contributed by atoms with Crippen molar-refractivity contribution in [2.45, 2.75) is 27.3 Å². The van der Waals surface area contributed by atoms with Gasteiger partial charge in [0.1, 0.15) is 11.5 Å². The number of hydrogen-bond donors (Lipinski definition) is 1. The highest BCUT2D eigenvalue weighted by Gasteiger charge is 2.15.